The monoisotopic (exact) mass is 497 g/mol. The number of aromatic nitrogens is 2. The summed E-state index contributed by atoms with van der Waals surface area (Å²) in [6.07, 6.45) is 6.37. The number of carbonyl (C=O) groups excluding carboxylic acids is 3. The van der Waals surface area contributed by atoms with Crippen LogP contribution in [0, 0.1) is 0 Å². The molecular formula is C25H31N5O4S. The molecule has 2 N–H and O–H groups in total. The number of Topliss-reactive ketones (excluding diaryl/α,β-unsaturated/α-hetero) is 1. The van der Waals surface area contributed by atoms with Gasteiger partial charge in [0.15, 0.2) is 11.6 Å². The highest BCUT2D eigenvalue weighted by molar-refractivity contribution is 7.99. The van der Waals surface area contributed by atoms with Gasteiger partial charge in [-0.1, -0.05) is 36.4 Å². The molecule has 0 bridgehead atoms. The molecule has 1 aromatic carbocycles. The van der Waals surface area contributed by atoms with E-state index in [-0.39, 0.29) is 29.8 Å². The third kappa shape index (κ3) is 7.81. The SMILES string of the molecule is C=CC(C(=O)NCC(=O)CSCc1ccccc1)n1ccnc(NCCCN2CCCC2=O)c1=O. The lowest BCUT2D eigenvalue weighted by molar-refractivity contribution is -0.127. The Balaban J connectivity index is 1.47. The normalized spacial score (nSPS) is 13.9. The van der Waals surface area contributed by atoms with Crippen molar-refractivity contribution in [2.75, 3.05) is 37.2 Å². The third-order valence-corrected chi connectivity index (χ3v) is 6.63. The minimum absolute atomic E-state index is 0.108. The first-order valence-corrected chi connectivity index (χ1v) is 12.8. The van der Waals surface area contributed by atoms with Gasteiger partial charge in [0.25, 0.3) is 5.56 Å². The molecule has 0 aliphatic carbocycles. The van der Waals surface area contributed by atoms with E-state index in [9.17, 15) is 19.2 Å². The Morgan fingerprint density at radius 2 is 2.03 bits per heavy atom. The largest absolute Gasteiger partial charge is 0.365 e. The number of thioether (sulfide) groups is 1. The van der Waals surface area contributed by atoms with E-state index in [0.717, 1.165) is 18.5 Å². The van der Waals surface area contributed by atoms with Crippen molar-refractivity contribution in [2.45, 2.75) is 31.1 Å². The smallest absolute Gasteiger partial charge is 0.294 e. The fraction of sp³-hybridized carbons (Fsp3) is 0.400. The van der Waals surface area contributed by atoms with Crippen LogP contribution in [0.15, 0.2) is 60.2 Å². The zero-order chi connectivity index (χ0) is 25.0. The summed E-state index contributed by atoms with van der Waals surface area (Å²) in [6.45, 7) is 5.43. The molecule has 1 aliphatic heterocycles. The Kier molecular flexibility index (Phi) is 10.1. The summed E-state index contributed by atoms with van der Waals surface area (Å²) in [4.78, 5) is 55.3. The second kappa shape index (κ2) is 13.5. The lowest BCUT2D eigenvalue weighted by Crippen LogP contribution is -2.39. The molecule has 2 amide bonds. The first-order chi connectivity index (χ1) is 17.0. The van der Waals surface area contributed by atoms with Crippen LogP contribution in [-0.2, 0) is 20.1 Å². The highest BCUT2D eigenvalue weighted by atomic mass is 32.2. The van der Waals surface area contributed by atoms with Crippen molar-refractivity contribution in [3.63, 3.8) is 0 Å². The van der Waals surface area contributed by atoms with Crippen molar-refractivity contribution in [1.29, 1.82) is 0 Å². The minimum Gasteiger partial charge on any atom is -0.365 e. The second-order valence-corrected chi connectivity index (χ2v) is 9.15. The number of ketones is 1. The van der Waals surface area contributed by atoms with Crippen LogP contribution >= 0.6 is 11.8 Å². The summed E-state index contributed by atoms with van der Waals surface area (Å²) < 4.78 is 1.23. The maximum absolute atomic E-state index is 12.9. The highest BCUT2D eigenvalue weighted by Gasteiger charge is 2.21. The van der Waals surface area contributed by atoms with Gasteiger partial charge in [-0.2, -0.15) is 0 Å². The molecule has 0 radical (unpaired) electrons. The molecule has 0 spiro atoms. The van der Waals surface area contributed by atoms with Crippen molar-refractivity contribution in [3.8, 4) is 0 Å². The second-order valence-electron chi connectivity index (χ2n) is 8.17. The molecule has 1 atom stereocenters. The molecule has 3 rings (SSSR count). The maximum Gasteiger partial charge on any atom is 0.294 e. The summed E-state index contributed by atoms with van der Waals surface area (Å²) in [5, 5.41) is 5.60. The van der Waals surface area contributed by atoms with Gasteiger partial charge in [-0.15, -0.1) is 18.3 Å². The lowest BCUT2D eigenvalue weighted by Gasteiger charge is -2.17. The van der Waals surface area contributed by atoms with Crippen LogP contribution in [0.1, 0.15) is 30.9 Å². The molecule has 1 unspecified atom stereocenters. The van der Waals surface area contributed by atoms with Crippen LogP contribution < -0.4 is 16.2 Å². The number of hydrogen-bond acceptors (Lipinski definition) is 7. The first-order valence-electron chi connectivity index (χ1n) is 11.6. The molecule has 1 fully saturated rings. The number of hydrogen-bond donors (Lipinski definition) is 2. The molecule has 1 aliphatic rings. The van der Waals surface area contributed by atoms with Gasteiger partial charge in [0, 0.05) is 44.2 Å². The summed E-state index contributed by atoms with van der Waals surface area (Å²) >= 11 is 1.48. The maximum atomic E-state index is 12.9. The number of anilines is 1. The van der Waals surface area contributed by atoms with Crippen LogP contribution in [0.3, 0.4) is 0 Å². The number of amides is 2. The molecule has 186 valence electrons. The zero-order valence-corrected chi connectivity index (χ0v) is 20.5. The van der Waals surface area contributed by atoms with Gasteiger partial charge in [-0.3, -0.25) is 23.7 Å². The Morgan fingerprint density at radius 1 is 1.23 bits per heavy atom. The quantitative estimate of drug-likeness (QED) is 0.303. The fourth-order valence-electron chi connectivity index (χ4n) is 3.73. The predicted octanol–water partition coefficient (Wildman–Crippen LogP) is 2.01. The molecule has 0 saturated carbocycles. The average Bonchev–Trinajstić information content (AvgIpc) is 3.28. The number of likely N-dealkylation sites (tertiary alicyclic amines) is 1. The Morgan fingerprint density at radius 3 is 2.74 bits per heavy atom. The molecule has 10 heteroatoms. The van der Waals surface area contributed by atoms with Crippen molar-refractivity contribution >= 4 is 35.2 Å². The van der Waals surface area contributed by atoms with Crippen molar-refractivity contribution in [3.05, 3.63) is 71.3 Å². The van der Waals surface area contributed by atoms with Crippen LogP contribution in [-0.4, -0.2) is 64.0 Å². The zero-order valence-electron chi connectivity index (χ0n) is 19.7. The number of nitrogens with zero attached hydrogens (tertiary/aromatic N) is 3. The Hall–Kier alpha value is -3.40. The standard InChI is InChI=1S/C25H31N5O4S/c1-2-21(24(33)28-16-20(31)18-35-17-19-8-4-3-5-9-19)30-15-12-27-23(25(30)34)26-11-7-14-29-13-6-10-22(29)32/h2-5,8-9,12,15,21H,1,6-7,10-11,13-14,16-18H2,(H,26,27)(H,28,33). The van der Waals surface area contributed by atoms with Crippen LogP contribution in [0.2, 0.25) is 0 Å². The van der Waals surface area contributed by atoms with Gasteiger partial charge in [0.1, 0.15) is 6.04 Å². The van der Waals surface area contributed by atoms with Gasteiger partial charge in [0.2, 0.25) is 11.8 Å². The number of nitrogens with one attached hydrogen (secondary N) is 2. The van der Waals surface area contributed by atoms with E-state index in [1.807, 2.05) is 35.2 Å². The predicted molar refractivity (Wildman–Crippen MR) is 137 cm³/mol. The lowest BCUT2D eigenvalue weighted by atomic mass is 10.2. The molecule has 35 heavy (non-hydrogen) atoms. The van der Waals surface area contributed by atoms with Crippen LogP contribution in [0.4, 0.5) is 5.82 Å². The van der Waals surface area contributed by atoms with E-state index >= 15 is 0 Å². The third-order valence-electron chi connectivity index (χ3n) is 5.56. The Labute approximate surface area is 209 Å². The summed E-state index contributed by atoms with van der Waals surface area (Å²) in [5.74, 6) is 0.676. The van der Waals surface area contributed by atoms with Gasteiger partial charge in [0.05, 0.1) is 12.3 Å². The van der Waals surface area contributed by atoms with Crippen LogP contribution in [0.5, 0.6) is 0 Å². The van der Waals surface area contributed by atoms with Gasteiger partial charge >= 0.3 is 0 Å². The average molecular weight is 498 g/mol. The molecule has 9 nitrogen and oxygen atoms in total. The molecule has 2 heterocycles. The summed E-state index contributed by atoms with van der Waals surface area (Å²) in [5.41, 5.74) is 0.668. The summed E-state index contributed by atoms with van der Waals surface area (Å²) in [6, 6.07) is 8.86. The van der Waals surface area contributed by atoms with Crippen molar-refractivity contribution < 1.29 is 14.4 Å². The van der Waals surface area contributed by atoms with E-state index in [1.54, 1.807) is 0 Å². The number of carbonyl (C=O) groups is 3. The van der Waals surface area contributed by atoms with Crippen molar-refractivity contribution in [1.82, 2.24) is 19.8 Å². The van der Waals surface area contributed by atoms with E-state index in [2.05, 4.69) is 22.2 Å². The van der Waals surface area contributed by atoms with Gasteiger partial charge < -0.3 is 15.5 Å². The van der Waals surface area contributed by atoms with Gasteiger partial charge in [-0.05, 0) is 18.4 Å². The number of benzene rings is 1. The highest BCUT2D eigenvalue weighted by Crippen LogP contribution is 2.12. The van der Waals surface area contributed by atoms with Gasteiger partial charge in [-0.25, -0.2) is 4.98 Å². The van der Waals surface area contributed by atoms with E-state index < -0.39 is 17.5 Å². The minimum atomic E-state index is -0.974. The molecular weight excluding hydrogens is 466 g/mol. The van der Waals surface area contributed by atoms with Crippen LogP contribution in [0.25, 0.3) is 0 Å². The Bertz CT molecular complexity index is 1090. The van der Waals surface area contributed by atoms with E-state index in [1.165, 1.54) is 34.8 Å². The fourth-order valence-corrected chi connectivity index (χ4v) is 4.59. The first kappa shape index (κ1) is 26.2. The molecule has 1 aromatic heterocycles. The van der Waals surface area contributed by atoms with Crippen molar-refractivity contribution in [2.24, 2.45) is 0 Å². The number of rotatable bonds is 14. The molecule has 1 saturated heterocycles. The van der Waals surface area contributed by atoms with E-state index in [4.69, 9.17) is 0 Å². The van der Waals surface area contributed by atoms with E-state index in [0.29, 0.717) is 31.7 Å². The summed E-state index contributed by atoms with van der Waals surface area (Å²) in [7, 11) is 0. The molecule has 2 aromatic rings. The topological polar surface area (TPSA) is 113 Å².